The third kappa shape index (κ3) is 3.97. The zero-order valence-corrected chi connectivity index (χ0v) is 14.0. The summed E-state index contributed by atoms with van der Waals surface area (Å²) in [5.74, 6) is 0.662. The van der Waals surface area contributed by atoms with Crippen LogP contribution in [0.15, 0.2) is 48.5 Å². The fourth-order valence-corrected chi connectivity index (χ4v) is 2.54. The van der Waals surface area contributed by atoms with Crippen LogP contribution in [0.4, 0.5) is 0 Å². The second-order valence-corrected chi connectivity index (χ2v) is 6.75. The quantitative estimate of drug-likeness (QED) is 0.813. The highest BCUT2D eigenvalue weighted by molar-refractivity contribution is 6.62. The van der Waals surface area contributed by atoms with E-state index in [0.29, 0.717) is 31.1 Å². The van der Waals surface area contributed by atoms with E-state index in [9.17, 15) is 5.26 Å². The lowest BCUT2D eigenvalue weighted by atomic mass is 9.73. The van der Waals surface area contributed by atoms with Gasteiger partial charge in [-0.05, 0) is 17.7 Å². The Morgan fingerprint density at radius 2 is 1.83 bits per heavy atom. The van der Waals surface area contributed by atoms with E-state index in [0.717, 1.165) is 11.0 Å². The summed E-state index contributed by atoms with van der Waals surface area (Å²) in [4.78, 5) is 0. The van der Waals surface area contributed by atoms with Gasteiger partial charge < -0.3 is 14.0 Å². The van der Waals surface area contributed by atoms with Crippen LogP contribution in [0.2, 0.25) is 0 Å². The molecule has 0 aromatic heterocycles. The average molecular weight is 321 g/mol. The lowest BCUT2D eigenvalue weighted by Crippen LogP contribution is -2.48. The molecule has 1 fully saturated rings. The maximum Gasteiger partial charge on any atom is 0.495 e. The minimum Gasteiger partial charge on any atom is -0.489 e. The predicted molar refractivity (Wildman–Crippen MR) is 93.0 cm³/mol. The molecule has 4 nitrogen and oxygen atoms in total. The van der Waals surface area contributed by atoms with Crippen molar-refractivity contribution in [3.05, 3.63) is 59.7 Å². The summed E-state index contributed by atoms with van der Waals surface area (Å²) in [5, 5.41) is 9.44. The Bertz CT molecular complexity index is 730. The summed E-state index contributed by atoms with van der Waals surface area (Å²) in [7, 11) is -0.490. The maximum absolute atomic E-state index is 9.44. The van der Waals surface area contributed by atoms with Crippen LogP contribution in [0.1, 0.15) is 25.0 Å². The molecule has 0 spiro atoms. The number of rotatable bonds is 4. The highest BCUT2D eigenvalue weighted by Gasteiger charge is 2.34. The van der Waals surface area contributed by atoms with E-state index in [-0.39, 0.29) is 5.41 Å². The van der Waals surface area contributed by atoms with Gasteiger partial charge in [0.2, 0.25) is 0 Å². The highest BCUT2D eigenvalue weighted by Crippen LogP contribution is 2.22. The van der Waals surface area contributed by atoms with Crippen LogP contribution < -0.4 is 10.2 Å². The van der Waals surface area contributed by atoms with Crippen molar-refractivity contribution in [1.29, 1.82) is 5.26 Å². The van der Waals surface area contributed by atoms with Crippen molar-refractivity contribution >= 4 is 12.6 Å². The lowest BCUT2D eigenvalue weighted by Gasteiger charge is -2.33. The summed E-state index contributed by atoms with van der Waals surface area (Å²) < 4.78 is 17.3. The van der Waals surface area contributed by atoms with Gasteiger partial charge in [-0.3, -0.25) is 0 Å². The van der Waals surface area contributed by atoms with Crippen molar-refractivity contribution in [2.45, 2.75) is 20.5 Å². The maximum atomic E-state index is 9.44. The lowest BCUT2D eigenvalue weighted by molar-refractivity contribution is 0.0343. The van der Waals surface area contributed by atoms with E-state index in [1.165, 1.54) is 0 Å². The number of hydrogen-bond acceptors (Lipinski definition) is 4. The molecule has 1 saturated heterocycles. The smallest absolute Gasteiger partial charge is 0.489 e. The number of ether oxygens (including phenoxy) is 1. The summed E-state index contributed by atoms with van der Waals surface area (Å²) in [6, 6.07) is 17.6. The molecule has 2 aromatic rings. The molecule has 3 rings (SSSR count). The SMILES string of the molecule is CC1(C)COB(c2ccc(OCc3ccccc3)cc2C#N)OC1. The fraction of sp³-hybridized carbons (Fsp3) is 0.316. The third-order valence-corrected chi connectivity index (χ3v) is 3.90. The van der Waals surface area contributed by atoms with Gasteiger partial charge in [-0.2, -0.15) is 5.26 Å². The Hall–Kier alpha value is -2.29. The van der Waals surface area contributed by atoms with Gasteiger partial charge in [-0.15, -0.1) is 0 Å². The van der Waals surface area contributed by atoms with Crippen molar-refractivity contribution in [2.75, 3.05) is 13.2 Å². The van der Waals surface area contributed by atoms with E-state index < -0.39 is 7.12 Å². The van der Waals surface area contributed by atoms with Gasteiger partial charge in [0.15, 0.2) is 0 Å². The van der Waals surface area contributed by atoms with Crippen molar-refractivity contribution in [3.63, 3.8) is 0 Å². The summed E-state index contributed by atoms with van der Waals surface area (Å²) in [6.45, 7) is 5.86. The van der Waals surface area contributed by atoms with Crippen LogP contribution in [0, 0.1) is 16.7 Å². The van der Waals surface area contributed by atoms with Gasteiger partial charge in [0.25, 0.3) is 0 Å². The minimum atomic E-state index is -0.490. The molecule has 1 aliphatic heterocycles. The van der Waals surface area contributed by atoms with Crippen LogP contribution >= 0.6 is 0 Å². The molecule has 122 valence electrons. The molecular weight excluding hydrogens is 301 g/mol. The average Bonchev–Trinajstić information content (AvgIpc) is 2.61. The monoisotopic (exact) mass is 321 g/mol. The number of nitriles is 1. The largest absolute Gasteiger partial charge is 0.495 e. The first-order chi connectivity index (χ1) is 11.6. The molecule has 0 aliphatic carbocycles. The fourth-order valence-electron chi connectivity index (χ4n) is 2.54. The zero-order valence-electron chi connectivity index (χ0n) is 14.0. The molecule has 1 heterocycles. The van der Waals surface area contributed by atoms with Gasteiger partial charge in [-0.1, -0.05) is 50.2 Å². The summed E-state index contributed by atoms with van der Waals surface area (Å²) in [6.07, 6.45) is 0. The number of nitrogens with zero attached hydrogens (tertiary/aromatic N) is 1. The van der Waals surface area contributed by atoms with Crippen LogP contribution in [0.5, 0.6) is 5.75 Å². The Labute approximate surface area is 143 Å². The Balaban J connectivity index is 1.70. The van der Waals surface area contributed by atoms with Crippen LogP contribution in [-0.2, 0) is 15.9 Å². The zero-order chi connectivity index (χ0) is 17.0. The number of benzene rings is 2. The summed E-state index contributed by atoms with van der Waals surface area (Å²) >= 11 is 0. The molecule has 0 unspecified atom stereocenters. The van der Waals surface area contributed by atoms with Gasteiger partial charge in [0, 0.05) is 24.1 Å². The van der Waals surface area contributed by atoms with Crippen LogP contribution in [0.3, 0.4) is 0 Å². The predicted octanol–water partition coefficient (Wildman–Crippen LogP) is 2.91. The molecule has 0 radical (unpaired) electrons. The molecule has 2 aromatic carbocycles. The second kappa shape index (κ2) is 7.08. The molecule has 5 heteroatoms. The van der Waals surface area contributed by atoms with E-state index in [1.54, 1.807) is 6.07 Å². The third-order valence-electron chi connectivity index (χ3n) is 3.90. The molecule has 0 N–H and O–H groups in total. The van der Waals surface area contributed by atoms with Gasteiger partial charge in [0.05, 0.1) is 11.6 Å². The van der Waals surface area contributed by atoms with E-state index in [1.807, 2.05) is 42.5 Å². The van der Waals surface area contributed by atoms with Gasteiger partial charge in [0.1, 0.15) is 12.4 Å². The molecule has 0 atom stereocenters. The van der Waals surface area contributed by atoms with Crippen molar-refractivity contribution in [3.8, 4) is 11.8 Å². The molecule has 0 amide bonds. The van der Waals surface area contributed by atoms with Crippen molar-refractivity contribution < 1.29 is 14.0 Å². The Kier molecular flexibility index (Phi) is 4.89. The number of hydrogen-bond donors (Lipinski definition) is 0. The normalized spacial score (nSPS) is 16.5. The van der Waals surface area contributed by atoms with Crippen LogP contribution in [-0.4, -0.2) is 20.3 Å². The van der Waals surface area contributed by atoms with Gasteiger partial charge >= 0.3 is 7.12 Å². The molecule has 1 aliphatic rings. The topological polar surface area (TPSA) is 51.5 Å². The van der Waals surface area contributed by atoms with E-state index in [2.05, 4.69) is 19.9 Å². The highest BCUT2D eigenvalue weighted by atomic mass is 16.6. The van der Waals surface area contributed by atoms with Crippen molar-refractivity contribution in [1.82, 2.24) is 0 Å². The van der Waals surface area contributed by atoms with E-state index in [4.69, 9.17) is 14.0 Å². The first kappa shape index (κ1) is 16.6. The second-order valence-electron chi connectivity index (χ2n) is 6.75. The van der Waals surface area contributed by atoms with Gasteiger partial charge in [-0.25, -0.2) is 0 Å². The molecule has 24 heavy (non-hydrogen) atoms. The standard InChI is InChI=1S/C19H20BNO3/c1-19(2)13-23-20(24-14-19)18-9-8-17(10-16(18)11-21)22-12-15-6-4-3-5-7-15/h3-10H,12-14H2,1-2H3. The molecular formula is C19H20BNO3. The van der Waals surface area contributed by atoms with Crippen LogP contribution in [0.25, 0.3) is 0 Å². The first-order valence-electron chi connectivity index (χ1n) is 8.01. The molecule has 0 bridgehead atoms. The van der Waals surface area contributed by atoms with Crippen molar-refractivity contribution in [2.24, 2.45) is 5.41 Å². The minimum absolute atomic E-state index is 0.00203. The Morgan fingerprint density at radius 1 is 1.12 bits per heavy atom. The summed E-state index contributed by atoms with van der Waals surface area (Å²) in [5.41, 5.74) is 2.36. The first-order valence-corrected chi connectivity index (χ1v) is 8.01. The molecule has 0 saturated carbocycles. The van der Waals surface area contributed by atoms with E-state index >= 15 is 0 Å². The Morgan fingerprint density at radius 3 is 2.50 bits per heavy atom.